The molecule has 11 nitrogen and oxygen atoms in total. The normalized spacial score (nSPS) is 21.2. The van der Waals surface area contributed by atoms with E-state index in [1.54, 1.807) is 28.9 Å². The standard InChI is InChI=1S/C23H24N8O3S2/c1-14-8-20(35-30-14)17-2-3-21-27-28-22(31(21)29-17)11-25-18-4-6-24-19-9-16(10-26-23(18)19)34-12-15-5-7-36(32,33)13-15/h2-4,6,9-10,15,20H,5,7-8,11-13H2,1H3,(H,24,25). The minimum atomic E-state index is -2.93. The molecular formula is C23H24N8O3S2. The van der Waals surface area contributed by atoms with E-state index in [-0.39, 0.29) is 22.7 Å². The Morgan fingerprint density at radius 2 is 2.14 bits per heavy atom. The number of fused-ring (bicyclic) bond motifs is 2. The van der Waals surface area contributed by atoms with Crippen molar-refractivity contribution in [2.24, 2.45) is 10.3 Å². The number of hydrogen-bond donors (Lipinski definition) is 1. The average Bonchev–Trinajstić information content (AvgIpc) is 3.58. The molecule has 0 radical (unpaired) electrons. The van der Waals surface area contributed by atoms with Crippen LogP contribution < -0.4 is 10.1 Å². The molecule has 0 aromatic carbocycles. The van der Waals surface area contributed by atoms with Crippen molar-refractivity contribution >= 4 is 49.9 Å². The summed E-state index contributed by atoms with van der Waals surface area (Å²) in [5, 5.41) is 16.9. The lowest BCUT2D eigenvalue weighted by molar-refractivity contribution is 0.263. The molecule has 1 saturated heterocycles. The summed E-state index contributed by atoms with van der Waals surface area (Å²) in [5.74, 6) is 1.69. The van der Waals surface area contributed by atoms with Gasteiger partial charge in [0.05, 0.1) is 53.0 Å². The van der Waals surface area contributed by atoms with Crippen LogP contribution in [0.1, 0.15) is 36.5 Å². The maximum absolute atomic E-state index is 11.7. The smallest absolute Gasteiger partial charge is 0.177 e. The Labute approximate surface area is 211 Å². The Kier molecular flexibility index (Phi) is 5.96. The molecule has 13 heteroatoms. The summed E-state index contributed by atoms with van der Waals surface area (Å²) in [6.45, 7) is 2.79. The molecule has 4 aromatic rings. The Morgan fingerprint density at radius 1 is 1.22 bits per heavy atom. The van der Waals surface area contributed by atoms with Gasteiger partial charge >= 0.3 is 0 Å². The van der Waals surface area contributed by atoms with Crippen LogP contribution in [0.15, 0.2) is 41.1 Å². The van der Waals surface area contributed by atoms with Gasteiger partial charge in [-0.15, -0.1) is 10.2 Å². The minimum Gasteiger partial charge on any atom is -0.492 e. The summed E-state index contributed by atoms with van der Waals surface area (Å²) in [4.78, 5) is 8.97. The predicted octanol–water partition coefficient (Wildman–Crippen LogP) is 3.05. The molecule has 0 aliphatic carbocycles. The van der Waals surface area contributed by atoms with E-state index in [1.807, 2.05) is 31.2 Å². The lowest BCUT2D eigenvalue weighted by Crippen LogP contribution is -2.13. The second-order valence-electron chi connectivity index (χ2n) is 9.10. The third kappa shape index (κ3) is 4.72. The van der Waals surface area contributed by atoms with Crippen molar-refractivity contribution in [3.05, 3.63) is 48.2 Å². The summed E-state index contributed by atoms with van der Waals surface area (Å²) < 4.78 is 35.4. The van der Waals surface area contributed by atoms with E-state index in [9.17, 15) is 8.42 Å². The molecule has 4 aromatic heterocycles. The van der Waals surface area contributed by atoms with E-state index in [4.69, 9.17) is 9.84 Å². The van der Waals surface area contributed by atoms with Crippen LogP contribution >= 0.6 is 11.9 Å². The number of nitrogens with zero attached hydrogens (tertiary/aromatic N) is 7. The van der Waals surface area contributed by atoms with Crippen molar-refractivity contribution in [3.63, 3.8) is 0 Å². The van der Waals surface area contributed by atoms with Crippen LogP contribution in [-0.4, -0.2) is 62.0 Å². The zero-order chi connectivity index (χ0) is 24.7. The van der Waals surface area contributed by atoms with E-state index in [1.165, 1.54) is 0 Å². The summed E-state index contributed by atoms with van der Waals surface area (Å²) in [6.07, 6.45) is 4.87. The van der Waals surface area contributed by atoms with Gasteiger partial charge in [-0.25, -0.2) is 17.8 Å². The Bertz CT molecular complexity index is 1590. The van der Waals surface area contributed by atoms with Gasteiger partial charge < -0.3 is 10.1 Å². The van der Waals surface area contributed by atoms with Gasteiger partial charge in [0.1, 0.15) is 11.3 Å². The number of pyridine rings is 2. The van der Waals surface area contributed by atoms with Gasteiger partial charge in [0.15, 0.2) is 21.3 Å². The molecular weight excluding hydrogens is 500 g/mol. The third-order valence-electron chi connectivity index (χ3n) is 6.30. The molecule has 186 valence electrons. The summed E-state index contributed by atoms with van der Waals surface area (Å²) in [5.41, 5.74) is 4.94. The second-order valence-corrected chi connectivity index (χ2v) is 12.3. The van der Waals surface area contributed by atoms with E-state index >= 15 is 0 Å². The molecule has 1 N–H and O–H groups in total. The van der Waals surface area contributed by atoms with Crippen LogP contribution in [0.5, 0.6) is 5.75 Å². The van der Waals surface area contributed by atoms with E-state index in [0.29, 0.717) is 47.8 Å². The first-order valence-electron chi connectivity index (χ1n) is 11.7. The van der Waals surface area contributed by atoms with Gasteiger partial charge in [-0.2, -0.15) is 9.61 Å². The van der Waals surface area contributed by atoms with E-state index < -0.39 is 9.84 Å². The predicted molar refractivity (Wildman–Crippen MR) is 138 cm³/mol. The molecule has 2 atom stereocenters. The largest absolute Gasteiger partial charge is 0.492 e. The highest BCUT2D eigenvalue weighted by Gasteiger charge is 2.28. The van der Waals surface area contributed by atoms with Crippen molar-refractivity contribution in [2.45, 2.75) is 31.6 Å². The van der Waals surface area contributed by atoms with Gasteiger partial charge in [0.2, 0.25) is 0 Å². The molecule has 2 unspecified atom stereocenters. The zero-order valence-electron chi connectivity index (χ0n) is 19.5. The molecule has 36 heavy (non-hydrogen) atoms. The molecule has 2 aliphatic heterocycles. The van der Waals surface area contributed by atoms with Crippen LogP contribution in [0.2, 0.25) is 0 Å². The Morgan fingerprint density at radius 3 is 2.94 bits per heavy atom. The first-order chi connectivity index (χ1) is 17.4. The second kappa shape index (κ2) is 9.28. The topological polar surface area (TPSA) is 137 Å². The van der Waals surface area contributed by atoms with Crippen LogP contribution in [0.3, 0.4) is 0 Å². The number of aromatic nitrogens is 6. The van der Waals surface area contributed by atoms with Gasteiger partial charge in [0, 0.05) is 30.3 Å². The molecule has 2 aliphatic rings. The maximum atomic E-state index is 11.7. The van der Waals surface area contributed by atoms with Crippen molar-refractivity contribution in [1.82, 2.24) is 29.8 Å². The molecule has 0 bridgehead atoms. The van der Waals surface area contributed by atoms with Crippen molar-refractivity contribution in [3.8, 4) is 5.75 Å². The maximum Gasteiger partial charge on any atom is 0.177 e. The number of rotatable bonds is 7. The van der Waals surface area contributed by atoms with E-state index in [0.717, 1.165) is 23.5 Å². The van der Waals surface area contributed by atoms with Crippen molar-refractivity contribution in [2.75, 3.05) is 23.4 Å². The average molecular weight is 525 g/mol. The van der Waals surface area contributed by atoms with Gasteiger partial charge in [-0.1, -0.05) is 0 Å². The number of ether oxygens (including phenoxy) is 1. The molecule has 1 fully saturated rings. The number of sulfone groups is 1. The fourth-order valence-corrected chi connectivity index (χ4v) is 7.18. The molecule has 0 amide bonds. The monoisotopic (exact) mass is 524 g/mol. The van der Waals surface area contributed by atoms with Crippen molar-refractivity contribution < 1.29 is 13.2 Å². The highest BCUT2D eigenvalue weighted by molar-refractivity contribution is 7.98. The van der Waals surface area contributed by atoms with Crippen LogP contribution in [0.25, 0.3) is 16.7 Å². The number of hydrogen-bond acceptors (Lipinski definition) is 11. The Hall–Kier alpha value is -3.32. The molecule has 6 rings (SSSR count). The third-order valence-corrected chi connectivity index (χ3v) is 9.21. The minimum absolute atomic E-state index is 0.0163. The van der Waals surface area contributed by atoms with Crippen LogP contribution in [0.4, 0.5) is 5.69 Å². The zero-order valence-corrected chi connectivity index (χ0v) is 21.2. The first-order valence-corrected chi connectivity index (χ1v) is 14.3. The van der Waals surface area contributed by atoms with Gasteiger partial charge in [-0.3, -0.25) is 4.98 Å². The first kappa shape index (κ1) is 23.1. The van der Waals surface area contributed by atoms with Gasteiger partial charge in [0.25, 0.3) is 0 Å². The van der Waals surface area contributed by atoms with E-state index in [2.05, 4.69) is 29.9 Å². The summed E-state index contributed by atoms with van der Waals surface area (Å²) >= 11 is 1.55. The SMILES string of the molecule is CC1=NSC(c2ccc3nnc(CNc4ccnc5cc(OCC6CCS(=O)(=O)C6)cnc45)n3n2)C1. The summed E-state index contributed by atoms with van der Waals surface area (Å²) in [7, 11) is -2.93. The van der Waals surface area contributed by atoms with Crippen LogP contribution in [0, 0.1) is 5.92 Å². The fraction of sp³-hybridized carbons (Fsp3) is 0.391. The fourth-order valence-electron chi connectivity index (χ4n) is 4.41. The molecule has 6 heterocycles. The highest BCUT2D eigenvalue weighted by Crippen LogP contribution is 2.37. The number of anilines is 1. The quantitative estimate of drug-likeness (QED) is 0.359. The van der Waals surface area contributed by atoms with Crippen molar-refractivity contribution in [1.29, 1.82) is 0 Å². The molecule has 0 saturated carbocycles. The highest BCUT2D eigenvalue weighted by atomic mass is 32.2. The molecule has 0 spiro atoms. The lowest BCUT2D eigenvalue weighted by atomic mass is 10.1. The lowest BCUT2D eigenvalue weighted by Gasteiger charge is -2.12. The Balaban J connectivity index is 1.16. The summed E-state index contributed by atoms with van der Waals surface area (Å²) in [6, 6.07) is 7.59. The van der Waals surface area contributed by atoms with Gasteiger partial charge in [-0.05, 0) is 43.5 Å². The van der Waals surface area contributed by atoms with Crippen LogP contribution in [-0.2, 0) is 16.4 Å². The number of nitrogens with one attached hydrogen (secondary N) is 1.